The molecule has 1 aliphatic heterocycles. The Morgan fingerprint density at radius 1 is 0.347 bits per heavy atom. The molecule has 49 heavy (non-hydrogen) atoms. The predicted molar refractivity (Wildman–Crippen MR) is 207 cm³/mol. The van der Waals surface area contributed by atoms with Crippen LogP contribution >= 0.6 is 0 Å². The van der Waals surface area contributed by atoms with Crippen molar-refractivity contribution < 1.29 is 0 Å². The van der Waals surface area contributed by atoms with Gasteiger partial charge in [-0.25, -0.2) is 0 Å². The SMILES string of the molecule is [CH3][Ge]1([CH3])[c]2ccccc2-c2c(-c3cccc(-c4nc(-c5ccccc5)nc(-c5ccc(-c6ccc7ccccc7c6)cc5)n4)c3)ccc[c]21. The van der Waals surface area contributed by atoms with Gasteiger partial charge in [0.25, 0.3) is 0 Å². The third-order valence-electron chi connectivity index (χ3n) is 9.93. The molecule has 0 radical (unpaired) electrons. The molecule has 4 heteroatoms. The molecule has 7 aromatic carbocycles. The van der Waals surface area contributed by atoms with Gasteiger partial charge >= 0.3 is 220 Å². The first-order valence-corrected chi connectivity index (χ1v) is 23.1. The zero-order valence-corrected chi connectivity index (χ0v) is 29.5. The first-order valence-electron chi connectivity index (χ1n) is 16.8. The van der Waals surface area contributed by atoms with Crippen molar-refractivity contribution in [3.8, 4) is 67.5 Å². The van der Waals surface area contributed by atoms with Crippen LogP contribution in [0.3, 0.4) is 0 Å². The number of nitrogens with zero attached hydrogens (tertiary/aromatic N) is 3. The third kappa shape index (κ3) is 5.18. The molecule has 0 fully saturated rings. The Balaban J connectivity index is 1.14. The van der Waals surface area contributed by atoms with E-state index in [9.17, 15) is 0 Å². The summed E-state index contributed by atoms with van der Waals surface area (Å²) < 4.78 is 3.10. The van der Waals surface area contributed by atoms with Gasteiger partial charge in [0, 0.05) is 0 Å². The van der Waals surface area contributed by atoms with Crippen molar-refractivity contribution in [3.05, 3.63) is 164 Å². The van der Waals surface area contributed by atoms with Crippen LogP contribution in [0.2, 0.25) is 11.5 Å². The fraction of sp³-hybridized carbons (Fsp3) is 0.0444. The minimum atomic E-state index is -2.39. The summed E-state index contributed by atoms with van der Waals surface area (Å²) in [6, 6.07) is 58.4. The number of fused-ring (bicyclic) bond motifs is 4. The molecule has 0 bridgehead atoms. The van der Waals surface area contributed by atoms with Crippen LogP contribution in [0.1, 0.15) is 0 Å². The molecule has 9 rings (SSSR count). The molecule has 232 valence electrons. The summed E-state index contributed by atoms with van der Waals surface area (Å²) in [6.45, 7) is 0. The van der Waals surface area contributed by atoms with E-state index in [1.54, 1.807) is 8.79 Å². The number of hydrogen-bond donors (Lipinski definition) is 0. The van der Waals surface area contributed by atoms with Crippen LogP contribution in [0.25, 0.3) is 78.3 Å². The second-order valence-electron chi connectivity index (χ2n) is 13.3. The minimum absolute atomic E-state index is 0.656. The number of rotatable bonds is 5. The fourth-order valence-electron chi connectivity index (χ4n) is 7.35. The Morgan fingerprint density at radius 2 is 0.878 bits per heavy atom. The Bertz CT molecular complexity index is 2520. The average molecular weight is 688 g/mol. The van der Waals surface area contributed by atoms with Gasteiger partial charge in [-0.05, 0) is 28.0 Å². The van der Waals surface area contributed by atoms with Crippen LogP contribution in [0.15, 0.2) is 164 Å². The fourth-order valence-corrected chi connectivity index (χ4v) is 13.8. The van der Waals surface area contributed by atoms with Gasteiger partial charge in [-0.15, -0.1) is 0 Å². The molecule has 0 unspecified atom stereocenters. The van der Waals surface area contributed by atoms with E-state index in [1.807, 2.05) is 18.2 Å². The second kappa shape index (κ2) is 11.8. The first-order chi connectivity index (χ1) is 24.0. The summed E-state index contributed by atoms with van der Waals surface area (Å²) in [5, 5.41) is 2.48. The Morgan fingerprint density at radius 3 is 1.67 bits per heavy atom. The van der Waals surface area contributed by atoms with E-state index in [4.69, 9.17) is 15.0 Å². The Kier molecular flexibility index (Phi) is 7.10. The molecule has 0 aliphatic carbocycles. The van der Waals surface area contributed by atoms with E-state index < -0.39 is 13.3 Å². The summed E-state index contributed by atoms with van der Waals surface area (Å²) >= 11 is -2.39. The van der Waals surface area contributed by atoms with E-state index in [0.29, 0.717) is 17.5 Å². The van der Waals surface area contributed by atoms with E-state index in [0.717, 1.165) is 22.3 Å². The summed E-state index contributed by atoms with van der Waals surface area (Å²) in [6.07, 6.45) is 0. The van der Waals surface area contributed by atoms with Crippen LogP contribution in [-0.4, -0.2) is 28.2 Å². The molecular weight excluding hydrogens is 655 g/mol. The molecule has 0 N–H and O–H groups in total. The number of benzene rings is 7. The molecule has 0 saturated carbocycles. The van der Waals surface area contributed by atoms with Crippen molar-refractivity contribution in [1.82, 2.24) is 15.0 Å². The van der Waals surface area contributed by atoms with Crippen LogP contribution in [-0.2, 0) is 0 Å². The van der Waals surface area contributed by atoms with E-state index in [1.165, 1.54) is 38.6 Å². The van der Waals surface area contributed by atoms with Gasteiger partial charge in [0.1, 0.15) is 0 Å². The van der Waals surface area contributed by atoms with Crippen molar-refractivity contribution >= 4 is 32.8 Å². The monoisotopic (exact) mass is 689 g/mol. The molecule has 0 spiro atoms. The van der Waals surface area contributed by atoms with Gasteiger partial charge in [0.15, 0.2) is 0 Å². The topological polar surface area (TPSA) is 38.7 Å². The summed E-state index contributed by atoms with van der Waals surface area (Å²) in [7, 11) is 0. The van der Waals surface area contributed by atoms with Gasteiger partial charge in [-0.1, -0.05) is 42.5 Å². The van der Waals surface area contributed by atoms with Gasteiger partial charge in [-0.2, -0.15) is 0 Å². The maximum absolute atomic E-state index is 5.10. The van der Waals surface area contributed by atoms with Crippen LogP contribution in [0.4, 0.5) is 0 Å². The van der Waals surface area contributed by atoms with Crippen molar-refractivity contribution in [2.45, 2.75) is 11.5 Å². The number of hydrogen-bond acceptors (Lipinski definition) is 3. The molecule has 1 aliphatic rings. The molecule has 1 aromatic heterocycles. The van der Waals surface area contributed by atoms with Gasteiger partial charge in [-0.3, -0.25) is 0 Å². The van der Waals surface area contributed by atoms with Gasteiger partial charge in [0.05, 0.1) is 0 Å². The molecule has 3 nitrogen and oxygen atoms in total. The van der Waals surface area contributed by atoms with Crippen molar-refractivity contribution in [1.29, 1.82) is 0 Å². The molecule has 0 amide bonds. The predicted octanol–water partition coefficient (Wildman–Crippen LogP) is 10.2. The van der Waals surface area contributed by atoms with E-state index in [2.05, 4.69) is 157 Å². The van der Waals surface area contributed by atoms with Crippen LogP contribution < -0.4 is 8.79 Å². The standard InChI is InChI=1S/C45H33GeN3/c1-46(2)40-20-9-8-18-39(40)42-38(19-11-21-41(42)46)36-16-10-17-37(29-36)45-48-43(32-13-4-3-5-14-32)47-44(49-45)33-25-22-31(23-26-33)35-27-24-30-12-6-7-15-34(30)28-35/h3-29H,1-2H3. The second-order valence-corrected chi connectivity index (χ2v) is 22.4. The normalized spacial score (nSPS) is 12.9. The zero-order chi connectivity index (χ0) is 33.0. The van der Waals surface area contributed by atoms with Crippen molar-refractivity contribution in [2.75, 3.05) is 0 Å². The average Bonchev–Trinajstić information content (AvgIpc) is 3.41. The van der Waals surface area contributed by atoms with Gasteiger partial charge < -0.3 is 0 Å². The summed E-state index contributed by atoms with van der Waals surface area (Å²) in [4.78, 5) is 15.1. The van der Waals surface area contributed by atoms with Gasteiger partial charge in [0.2, 0.25) is 0 Å². The number of aromatic nitrogens is 3. The molecule has 0 atom stereocenters. The summed E-state index contributed by atoms with van der Waals surface area (Å²) in [5.41, 5.74) is 10.5. The van der Waals surface area contributed by atoms with Crippen LogP contribution in [0.5, 0.6) is 0 Å². The molecule has 2 heterocycles. The van der Waals surface area contributed by atoms with E-state index >= 15 is 0 Å². The third-order valence-corrected chi connectivity index (χ3v) is 17.4. The quantitative estimate of drug-likeness (QED) is 0.169. The Hall–Kier alpha value is -5.65. The van der Waals surface area contributed by atoms with Crippen molar-refractivity contribution in [2.24, 2.45) is 0 Å². The summed E-state index contributed by atoms with van der Waals surface area (Å²) in [5.74, 6) is 7.00. The van der Waals surface area contributed by atoms with Crippen LogP contribution in [0, 0.1) is 0 Å². The van der Waals surface area contributed by atoms with E-state index in [-0.39, 0.29) is 0 Å². The molecule has 0 saturated heterocycles. The molecular formula is C45H33GeN3. The molecule has 8 aromatic rings. The zero-order valence-electron chi connectivity index (χ0n) is 27.4. The first kappa shape index (κ1) is 29.5. The maximum atomic E-state index is 5.10. The Labute approximate surface area is 289 Å². The van der Waals surface area contributed by atoms with Crippen molar-refractivity contribution in [3.63, 3.8) is 0 Å².